The molecule has 1 aliphatic carbocycles. The molecule has 0 radical (unpaired) electrons. The zero-order valence-corrected chi connectivity index (χ0v) is 9.94. The molecule has 0 fully saturated rings. The van der Waals surface area contributed by atoms with Crippen LogP contribution in [-0.2, 0) is 4.79 Å². The molecule has 3 nitrogen and oxygen atoms in total. The van der Waals surface area contributed by atoms with Gasteiger partial charge in [0.05, 0.1) is 12.2 Å². The molecule has 0 aromatic carbocycles. The molecule has 3 heteroatoms. The van der Waals surface area contributed by atoms with Gasteiger partial charge in [-0.3, -0.25) is 4.79 Å². The summed E-state index contributed by atoms with van der Waals surface area (Å²) in [6, 6.07) is 0. The molecule has 0 aliphatic heterocycles. The van der Waals surface area contributed by atoms with E-state index in [0.717, 1.165) is 0 Å². The highest BCUT2D eigenvalue weighted by Crippen LogP contribution is 2.40. The van der Waals surface area contributed by atoms with Gasteiger partial charge in [-0.2, -0.15) is 0 Å². The molecule has 0 amide bonds. The van der Waals surface area contributed by atoms with Crippen molar-refractivity contribution in [1.29, 1.82) is 0 Å². The molecular formula is C13H20O3. The van der Waals surface area contributed by atoms with E-state index in [1.165, 1.54) is 6.08 Å². The Labute approximate surface area is 96.5 Å². The molecule has 1 rings (SSSR count). The summed E-state index contributed by atoms with van der Waals surface area (Å²) < 4.78 is 0. The van der Waals surface area contributed by atoms with Gasteiger partial charge in [-0.05, 0) is 50.2 Å². The van der Waals surface area contributed by atoms with Gasteiger partial charge in [0.25, 0.3) is 0 Å². The number of carbonyl (C=O) groups excluding carboxylic acids is 1. The molecule has 0 spiro atoms. The lowest BCUT2D eigenvalue weighted by atomic mass is 9.70. The second kappa shape index (κ2) is 4.93. The van der Waals surface area contributed by atoms with Crippen LogP contribution in [0.1, 0.15) is 33.1 Å². The van der Waals surface area contributed by atoms with Crippen molar-refractivity contribution in [3.8, 4) is 0 Å². The van der Waals surface area contributed by atoms with Gasteiger partial charge < -0.3 is 10.2 Å². The van der Waals surface area contributed by atoms with Crippen molar-refractivity contribution in [2.45, 2.75) is 45.3 Å². The third-order valence-corrected chi connectivity index (χ3v) is 2.91. The van der Waals surface area contributed by atoms with Gasteiger partial charge in [0.1, 0.15) is 0 Å². The van der Waals surface area contributed by atoms with E-state index in [0.29, 0.717) is 24.8 Å². The summed E-state index contributed by atoms with van der Waals surface area (Å²) in [5, 5.41) is 19.0. The Morgan fingerprint density at radius 1 is 1.38 bits per heavy atom. The molecule has 1 aliphatic rings. The van der Waals surface area contributed by atoms with E-state index in [1.807, 2.05) is 6.08 Å². The molecule has 2 unspecified atom stereocenters. The smallest absolute Gasteiger partial charge is 0.180 e. The third-order valence-electron chi connectivity index (χ3n) is 2.91. The fourth-order valence-corrected chi connectivity index (χ4v) is 2.48. The number of allylic oxidation sites excluding steroid dienone is 3. The van der Waals surface area contributed by atoms with Crippen molar-refractivity contribution in [3.05, 3.63) is 24.3 Å². The lowest BCUT2D eigenvalue weighted by Gasteiger charge is -2.35. The van der Waals surface area contributed by atoms with Crippen LogP contribution in [0.5, 0.6) is 0 Å². The molecule has 0 aromatic heterocycles. The minimum Gasteiger partial charge on any atom is -0.393 e. The summed E-state index contributed by atoms with van der Waals surface area (Å²) in [6.07, 6.45) is 4.04. The molecule has 0 saturated heterocycles. The molecule has 0 heterocycles. The monoisotopic (exact) mass is 224 g/mol. The molecule has 0 aromatic rings. The molecule has 90 valence electrons. The van der Waals surface area contributed by atoms with Gasteiger partial charge in [-0.1, -0.05) is 12.7 Å². The van der Waals surface area contributed by atoms with Crippen LogP contribution in [0.2, 0.25) is 0 Å². The highest BCUT2D eigenvalue weighted by molar-refractivity contribution is 6.04. The van der Waals surface area contributed by atoms with Crippen molar-refractivity contribution < 1.29 is 15.0 Å². The van der Waals surface area contributed by atoms with Crippen LogP contribution in [0.15, 0.2) is 24.3 Å². The van der Waals surface area contributed by atoms with Crippen molar-refractivity contribution in [1.82, 2.24) is 0 Å². The van der Waals surface area contributed by atoms with Gasteiger partial charge in [-0.25, -0.2) is 0 Å². The van der Waals surface area contributed by atoms with Gasteiger partial charge in [-0.15, -0.1) is 0 Å². The Morgan fingerprint density at radius 3 is 2.25 bits per heavy atom. The minimum atomic E-state index is -0.454. The second-order valence-corrected chi connectivity index (χ2v) is 4.95. The topological polar surface area (TPSA) is 57.5 Å². The van der Waals surface area contributed by atoms with Crippen LogP contribution in [0, 0.1) is 5.41 Å². The number of ketones is 1. The quantitative estimate of drug-likeness (QED) is 0.713. The molecule has 2 atom stereocenters. The van der Waals surface area contributed by atoms with E-state index >= 15 is 0 Å². The predicted molar refractivity (Wildman–Crippen MR) is 62.9 cm³/mol. The van der Waals surface area contributed by atoms with Gasteiger partial charge in [0, 0.05) is 0 Å². The van der Waals surface area contributed by atoms with Crippen molar-refractivity contribution in [2.75, 3.05) is 0 Å². The first-order chi connectivity index (χ1) is 7.34. The van der Waals surface area contributed by atoms with Gasteiger partial charge in [0.2, 0.25) is 0 Å². The number of hydrogen-bond acceptors (Lipinski definition) is 3. The van der Waals surface area contributed by atoms with Crippen LogP contribution in [-0.4, -0.2) is 28.2 Å². The molecule has 2 N–H and O–H groups in total. The predicted octanol–water partition coefficient (Wildman–Crippen LogP) is 1.60. The van der Waals surface area contributed by atoms with Crippen LogP contribution < -0.4 is 0 Å². The molecular weight excluding hydrogens is 204 g/mol. The lowest BCUT2D eigenvalue weighted by molar-refractivity contribution is -0.112. The average Bonchev–Trinajstić information content (AvgIpc) is 2.09. The summed E-state index contributed by atoms with van der Waals surface area (Å²) in [5.41, 5.74) is 0.233. The second-order valence-electron chi connectivity index (χ2n) is 4.95. The zero-order chi connectivity index (χ0) is 12.3. The van der Waals surface area contributed by atoms with E-state index in [9.17, 15) is 15.0 Å². The Balaban J connectivity index is 2.91. The summed E-state index contributed by atoms with van der Waals surface area (Å²) >= 11 is 0. The minimum absolute atomic E-state index is 0.0492. The first-order valence-electron chi connectivity index (χ1n) is 5.62. The fourth-order valence-electron chi connectivity index (χ4n) is 2.48. The Morgan fingerprint density at radius 2 is 1.88 bits per heavy atom. The third kappa shape index (κ3) is 3.29. The van der Waals surface area contributed by atoms with Gasteiger partial charge >= 0.3 is 0 Å². The number of carbonyl (C=O) groups is 1. The largest absolute Gasteiger partial charge is 0.393 e. The lowest BCUT2D eigenvalue weighted by Crippen LogP contribution is -2.31. The summed E-state index contributed by atoms with van der Waals surface area (Å²) in [6.45, 7) is 7.18. The highest BCUT2D eigenvalue weighted by atomic mass is 16.3. The Kier molecular flexibility index (Phi) is 4.05. The summed E-state index contributed by atoms with van der Waals surface area (Å²) in [7, 11) is 0. The van der Waals surface area contributed by atoms with E-state index < -0.39 is 12.2 Å². The highest BCUT2D eigenvalue weighted by Gasteiger charge is 2.34. The van der Waals surface area contributed by atoms with E-state index in [-0.39, 0.29) is 11.2 Å². The van der Waals surface area contributed by atoms with Crippen molar-refractivity contribution >= 4 is 5.78 Å². The first-order valence-corrected chi connectivity index (χ1v) is 5.62. The maximum absolute atomic E-state index is 11.3. The number of rotatable bonds is 4. The van der Waals surface area contributed by atoms with E-state index in [2.05, 4.69) is 6.58 Å². The van der Waals surface area contributed by atoms with Crippen molar-refractivity contribution in [2.24, 2.45) is 5.41 Å². The van der Waals surface area contributed by atoms with E-state index in [1.54, 1.807) is 13.8 Å². The number of aliphatic hydroxyl groups is 2. The zero-order valence-electron chi connectivity index (χ0n) is 9.94. The standard InChI is InChI=1S/C13H20O3/c1-9-6-13(7-10(2)14,8-11(3)15)5-4-12(9)16/h4-5,10-11,14-15H,1,6-8H2,2-3H3. The number of hydrogen-bond donors (Lipinski definition) is 2. The van der Waals surface area contributed by atoms with Crippen molar-refractivity contribution in [3.63, 3.8) is 0 Å². The van der Waals surface area contributed by atoms with Gasteiger partial charge in [0.15, 0.2) is 5.78 Å². The van der Waals surface area contributed by atoms with Crippen LogP contribution in [0.3, 0.4) is 0 Å². The summed E-state index contributed by atoms with van der Waals surface area (Å²) in [4.78, 5) is 11.3. The number of aliphatic hydroxyl groups excluding tert-OH is 2. The van der Waals surface area contributed by atoms with Crippen LogP contribution in [0.25, 0.3) is 0 Å². The van der Waals surface area contributed by atoms with E-state index in [4.69, 9.17) is 0 Å². The van der Waals surface area contributed by atoms with Crippen LogP contribution >= 0.6 is 0 Å². The molecule has 0 saturated carbocycles. The maximum Gasteiger partial charge on any atom is 0.180 e. The Bertz CT molecular complexity index is 303. The Hall–Kier alpha value is -0.930. The fraction of sp³-hybridized carbons (Fsp3) is 0.615. The van der Waals surface area contributed by atoms with Crippen LogP contribution in [0.4, 0.5) is 0 Å². The molecule has 16 heavy (non-hydrogen) atoms. The maximum atomic E-state index is 11.3. The SMILES string of the molecule is C=C1CC(CC(C)O)(CC(C)O)C=CC1=O. The normalized spacial score (nSPS) is 29.2. The molecule has 0 bridgehead atoms. The average molecular weight is 224 g/mol. The summed E-state index contributed by atoms with van der Waals surface area (Å²) in [5.74, 6) is -0.0492. The first kappa shape index (κ1) is 13.1.